The Balaban J connectivity index is 2.52. The molecule has 0 spiro atoms. The molecule has 104 valence electrons. The molecular weight excluding hydrogens is 250 g/mol. The molecular formula is C16H19N3O. The first-order chi connectivity index (χ1) is 9.62. The number of imidazole rings is 1. The summed E-state index contributed by atoms with van der Waals surface area (Å²) in [5.41, 5.74) is 4.10. The van der Waals surface area contributed by atoms with Crippen molar-refractivity contribution >= 4 is 0 Å². The number of rotatable bonds is 4. The van der Waals surface area contributed by atoms with Gasteiger partial charge in [-0.05, 0) is 37.1 Å². The molecule has 2 aromatic rings. The van der Waals surface area contributed by atoms with E-state index in [-0.39, 0.29) is 0 Å². The number of aryl methyl sites for hydroxylation is 1. The summed E-state index contributed by atoms with van der Waals surface area (Å²) in [5.74, 6) is 1.80. The molecule has 2 rings (SSSR count). The van der Waals surface area contributed by atoms with Crippen molar-refractivity contribution in [1.29, 1.82) is 5.26 Å². The van der Waals surface area contributed by atoms with E-state index in [2.05, 4.69) is 24.0 Å². The molecule has 0 N–H and O–H groups in total. The molecule has 0 aliphatic heterocycles. The Morgan fingerprint density at radius 2 is 2.15 bits per heavy atom. The molecule has 0 fully saturated rings. The summed E-state index contributed by atoms with van der Waals surface area (Å²) >= 11 is 0. The van der Waals surface area contributed by atoms with Gasteiger partial charge in [-0.2, -0.15) is 5.26 Å². The van der Waals surface area contributed by atoms with Crippen molar-refractivity contribution in [2.24, 2.45) is 7.05 Å². The molecule has 1 aromatic carbocycles. The van der Waals surface area contributed by atoms with Crippen LogP contribution < -0.4 is 4.74 Å². The van der Waals surface area contributed by atoms with Crippen LogP contribution in [-0.4, -0.2) is 16.7 Å². The molecule has 1 heterocycles. The van der Waals surface area contributed by atoms with Crippen LogP contribution in [0.5, 0.6) is 5.75 Å². The molecule has 0 saturated heterocycles. The van der Waals surface area contributed by atoms with Gasteiger partial charge in [0.25, 0.3) is 0 Å². The number of benzene rings is 1. The van der Waals surface area contributed by atoms with Crippen LogP contribution in [0.15, 0.2) is 18.2 Å². The summed E-state index contributed by atoms with van der Waals surface area (Å²) in [6.45, 7) is 4.10. The third-order valence-corrected chi connectivity index (χ3v) is 3.65. The molecule has 0 aliphatic carbocycles. The van der Waals surface area contributed by atoms with E-state index < -0.39 is 0 Å². The predicted octanol–water partition coefficient (Wildman–Crippen LogP) is 3.03. The van der Waals surface area contributed by atoms with Crippen LogP contribution >= 0.6 is 0 Å². The number of ether oxygens (including phenoxy) is 1. The second-order valence-electron chi connectivity index (χ2n) is 4.74. The van der Waals surface area contributed by atoms with Crippen molar-refractivity contribution in [2.45, 2.75) is 26.7 Å². The van der Waals surface area contributed by atoms with Gasteiger partial charge in [0.2, 0.25) is 0 Å². The molecule has 4 heteroatoms. The normalized spacial score (nSPS) is 10.3. The van der Waals surface area contributed by atoms with Crippen LogP contribution in [0.4, 0.5) is 0 Å². The zero-order chi connectivity index (χ0) is 14.7. The van der Waals surface area contributed by atoms with Crippen molar-refractivity contribution in [3.8, 4) is 23.2 Å². The lowest BCUT2D eigenvalue weighted by Crippen LogP contribution is -1.97. The van der Waals surface area contributed by atoms with Gasteiger partial charge in [0.05, 0.1) is 25.3 Å². The van der Waals surface area contributed by atoms with Crippen molar-refractivity contribution < 1.29 is 4.74 Å². The van der Waals surface area contributed by atoms with E-state index in [1.54, 1.807) is 7.11 Å². The van der Waals surface area contributed by atoms with E-state index in [1.807, 2.05) is 30.7 Å². The van der Waals surface area contributed by atoms with Crippen LogP contribution in [0.2, 0.25) is 0 Å². The van der Waals surface area contributed by atoms with Gasteiger partial charge in [0.15, 0.2) is 0 Å². The summed E-state index contributed by atoms with van der Waals surface area (Å²) in [7, 11) is 3.67. The lowest BCUT2D eigenvalue weighted by Gasteiger charge is -2.09. The average Bonchev–Trinajstić information content (AvgIpc) is 2.75. The molecule has 0 amide bonds. The summed E-state index contributed by atoms with van der Waals surface area (Å²) in [4.78, 5) is 4.60. The Kier molecular flexibility index (Phi) is 4.09. The summed E-state index contributed by atoms with van der Waals surface area (Å²) in [6.07, 6.45) is 1.25. The largest absolute Gasteiger partial charge is 0.496 e. The predicted molar refractivity (Wildman–Crippen MR) is 78.6 cm³/mol. The molecule has 0 bridgehead atoms. The highest BCUT2D eigenvalue weighted by Crippen LogP contribution is 2.27. The Morgan fingerprint density at radius 3 is 2.75 bits per heavy atom. The van der Waals surface area contributed by atoms with Crippen LogP contribution in [0.25, 0.3) is 11.4 Å². The van der Waals surface area contributed by atoms with Crippen molar-refractivity contribution in [3.63, 3.8) is 0 Å². The maximum Gasteiger partial charge on any atom is 0.140 e. The fourth-order valence-electron chi connectivity index (χ4n) is 2.33. The highest BCUT2D eigenvalue weighted by atomic mass is 16.5. The Bertz CT molecular complexity index is 665. The van der Waals surface area contributed by atoms with E-state index in [4.69, 9.17) is 10.00 Å². The van der Waals surface area contributed by atoms with E-state index in [1.165, 1.54) is 0 Å². The Labute approximate surface area is 119 Å². The van der Waals surface area contributed by atoms with Crippen LogP contribution in [0.1, 0.15) is 23.9 Å². The van der Waals surface area contributed by atoms with Gasteiger partial charge < -0.3 is 9.30 Å². The highest BCUT2D eigenvalue weighted by molar-refractivity contribution is 5.60. The zero-order valence-corrected chi connectivity index (χ0v) is 12.4. The Morgan fingerprint density at radius 1 is 1.40 bits per heavy atom. The van der Waals surface area contributed by atoms with Crippen molar-refractivity contribution in [1.82, 2.24) is 9.55 Å². The first kappa shape index (κ1) is 14.1. The van der Waals surface area contributed by atoms with E-state index >= 15 is 0 Å². The summed E-state index contributed by atoms with van der Waals surface area (Å²) in [5, 5.41) is 8.85. The second-order valence-corrected chi connectivity index (χ2v) is 4.74. The highest BCUT2D eigenvalue weighted by Gasteiger charge is 2.13. The number of nitriles is 1. The van der Waals surface area contributed by atoms with Crippen LogP contribution in [-0.2, 0) is 19.9 Å². The minimum Gasteiger partial charge on any atom is -0.496 e. The zero-order valence-electron chi connectivity index (χ0n) is 12.4. The van der Waals surface area contributed by atoms with Crippen LogP contribution in [0, 0.1) is 18.3 Å². The molecule has 0 radical (unpaired) electrons. The number of nitrogens with zero attached hydrogens (tertiary/aromatic N) is 3. The van der Waals surface area contributed by atoms with Gasteiger partial charge in [-0.15, -0.1) is 0 Å². The van der Waals surface area contributed by atoms with E-state index in [9.17, 15) is 0 Å². The average molecular weight is 269 g/mol. The lowest BCUT2D eigenvalue weighted by molar-refractivity contribution is 0.410. The third-order valence-electron chi connectivity index (χ3n) is 3.65. The van der Waals surface area contributed by atoms with Crippen molar-refractivity contribution in [3.05, 3.63) is 35.2 Å². The topological polar surface area (TPSA) is 50.8 Å². The lowest BCUT2D eigenvalue weighted by atomic mass is 10.1. The molecule has 4 nitrogen and oxygen atoms in total. The van der Waals surface area contributed by atoms with Gasteiger partial charge in [0.1, 0.15) is 11.6 Å². The van der Waals surface area contributed by atoms with Gasteiger partial charge in [-0.25, -0.2) is 4.98 Å². The van der Waals surface area contributed by atoms with Crippen LogP contribution in [0.3, 0.4) is 0 Å². The quantitative estimate of drug-likeness (QED) is 0.857. The third kappa shape index (κ3) is 2.39. The molecule has 0 aliphatic rings. The SMILES string of the molecule is CCc1cc(-c2nc(CC#N)c(C)n2C)ccc1OC. The summed E-state index contributed by atoms with van der Waals surface area (Å²) in [6, 6.07) is 8.25. The number of aromatic nitrogens is 2. The molecule has 0 unspecified atom stereocenters. The number of hydrogen-bond acceptors (Lipinski definition) is 3. The van der Waals surface area contributed by atoms with E-state index in [0.29, 0.717) is 6.42 Å². The smallest absolute Gasteiger partial charge is 0.140 e. The van der Waals surface area contributed by atoms with Gasteiger partial charge in [-0.3, -0.25) is 0 Å². The second kappa shape index (κ2) is 5.79. The molecule has 0 atom stereocenters. The molecule has 0 saturated carbocycles. The monoisotopic (exact) mass is 269 g/mol. The minimum atomic E-state index is 0.344. The molecule has 20 heavy (non-hydrogen) atoms. The first-order valence-electron chi connectivity index (χ1n) is 6.68. The summed E-state index contributed by atoms with van der Waals surface area (Å²) < 4.78 is 7.39. The molecule has 1 aromatic heterocycles. The van der Waals surface area contributed by atoms with Gasteiger partial charge >= 0.3 is 0 Å². The maximum absolute atomic E-state index is 8.85. The Hall–Kier alpha value is -2.28. The van der Waals surface area contributed by atoms with Gasteiger partial charge in [0, 0.05) is 18.3 Å². The van der Waals surface area contributed by atoms with Crippen molar-refractivity contribution in [2.75, 3.05) is 7.11 Å². The van der Waals surface area contributed by atoms with Gasteiger partial charge in [-0.1, -0.05) is 6.92 Å². The minimum absolute atomic E-state index is 0.344. The standard InChI is InChI=1S/C16H19N3O/c1-5-12-10-13(6-7-15(12)20-4)16-18-14(8-9-17)11(2)19(16)3/h6-7,10H,5,8H2,1-4H3. The maximum atomic E-state index is 8.85. The fourth-order valence-corrected chi connectivity index (χ4v) is 2.33. The number of hydrogen-bond donors (Lipinski definition) is 0. The first-order valence-corrected chi connectivity index (χ1v) is 6.68. The fraction of sp³-hybridized carbons (Fsp3) is 0.375. The number of methoxy groups -OCH3 is 1. The van der Waals surface area contributed by atoms with E-state index in [0.717, 1.165) is 40.5 Å².